The molecular weight excluding hydrogens is 309 g/mol. The van der Waals surface area contributed by atoms with Crippen LogP contribution in [-0.2, 0) is 17.8 Å². The summed E-state index contributed by atoms with van der Waals surface area (Å²) in [4.78, 5) is 19.9. The first-order valence-electron chi connectivity index (χ1n) is 7.51. The van der Waals surface area contributed by atoms with Crippen molar-refractivity contribution in [3.05, 3.63) is 65.5 Å². The third-order valence-electron chi connectivity index (χ3n) is 3.49. The predicted octanol–water partition coefficient (Wildman–Crippen LogP) is 3.60. The summed E-state index contributed by atoms with van der Waals surface area (Å²) in [5.41, 5.74) is 2.37. The highest BCUT2D eigenvalue weighted by atomic mass is 19.1. The van der Waals surface area contributed by atoms with Gasteiger partial charge < -0.3 is 4.74 Å². The Bertz CT molecular complexity index is 760. The molecule has 5 nitrogen and oxygen atoms in total. The van der Waals surface area contributed by atoms with Gasteiger partial charge in [0.05, 0.1) is 6.04 Å². The van der Waals surface area contributed by atoms with Crippen molar-refractivity contribution in [1.29, 1.82) is 0 Å². The van der Waals surface area contributed by atoms with E-state index in [4.69, 9.17) is 4.74 Å². The van der Waals surface area contributed by atoms with Gasteiger partial charge in [-0.3, -0.25) is 10.3 Å². The first-order chi connectivity index (χ1) is 11.7. The zero-order valence-electron chi connectivity index (χ0n) is 12.9. The van der Waals surface area contributed by atoms with Crippen molar-refractivity contribution in [3.63, 3.8) is 0 Å². The van der Waals surface area contributed by atoms with Crippen LogP contribution in [0.5, 0.6) is 0 Å². The molecular formula is C18H16FN3O2. The van der Waals surface area contributed by atoms with E-state index in [1.54, 1.807) is 12.4 Å². The first kappa shape index (κ1) is 15.9. The summed E-state index contributed by atoms with van der Waals surface area (Å²) in [6.45, 7) is 0.143. The number of benzene rings is 2. The van der Waals surface area contributed by atoms with Gasteiger partial charge in [-0.25, -0.2) is 14.2 Å². The van der Waals surface area contributed by atoms with E-state index in [0.29, 0.717) is 5.69 Å². The molecule has 1 heterocycles. The minimum Gasteiger partial charge on any atom is -0.444 e. The number of hydrogen-bond donors (Lipinski definition) is 1. The number of carbonyl (C=O) groups is 1. The second-order valence-electron chi connectivity index (χ2n) is 5.36. The third kappa shape index (κ3) is 4.49. The standard InChI is InChI=1S/C18H16FN3O2/c19-15-2-1-3-16(9-15)22-18(23)24-11-14-6-4-13(5-7-14)8-17-10-20-12-21-17/h1-7,9-10,12,17H,8,11H2,(H,22,23). The van der Waals surface area contributed by atoms with Gasteiger partial charge in [-0.15, -0.1) is 0 Å². The van der Waals surface area contributed by atoms with E-state index < -0.39 is 11.9 Å². The zero-order chi connectivity index (χ0) is 16.8. The van der Waals surface area contributed by atoms with Crippen LogP contribution in [0.1, 0.15) is 11.1 Å². The fourth-order valence-electron chi connectivity index (χ4n) is 2.29. The van der Waals surface area contributed by atoms with Crippen LogP contribution < -0.4 is 5.32 Å². The molecule has 122 valence electrons. The molecule has 0 saturated carbocycles. The topological polar surface area (TPSA) is 63.0 Å². The van der Waals surface area contributed by atoms with E-state index in [9.17, 15) is 9.18 Å². The Morgan fingerprint density at radius 1 is 1.17 bits per heavy atom. The Morgan fingerprint density at radius 2 is 1.96 bits per heavy atom. The number of anilines is 1. The average molecular weight is 325 g/mol. The molecule has 3 rings (SSSR count). The number of hydrogen-bond acceptors (Lipinski definition) is 4. The van der Waals surface area contributed by atoms with Crippen LogP contribution >= 0.6 is 0 Å². The average Bonchev–Trinajstić information content (AvgIpc) is 3.07. The Morgan fingerprint density at radius 3 is 2.67 bits per heavy atom. The van der Waals surface area contributed by atoms with Gasteiger partial charge >= 0.3 is 6.09 Å². The molecule has 1 unspecified atom stereocenters. The van der Waals surface area contributed by atoms with E-state index in [2.05, 4.69) is 15.3 Å². The molecule has 0 aliphatic carbocycles. The molecule has 0 saturated heterocycles. The number of rotatable bonds is 5. The van der Waals surface area contributed by atoms with Crippen LogP contribution in [0, 0.1) is 5.82 Å². The molecule has 1 amide bonds. The number of aliphatic imine (C=N–C) groups is 2. The molecule has 1 aliphatic rings. The summed E-state index contributed by atoms with van der Waals surface area (Å²) in [7, 11) is 0. The SMILES string of the molecule is O=C(Nc1cccc(F)c1)OCc1ccc(CC2C=NC=N2)cc1. The highest BCUT2D eigenvalue weighted by molar-refractivity contribution is 5.84. The molecule has 6 heteroatoms. The summed E-state index contributed by atoms with van der Waals surface area (Å²) in [6.07, 6.45) is 3.54. The largest absolute Gasteiger partial charge is 0.444 e. The summed E-state index contributed by atoms with van der Waals surface area (Å²) in [5.74, 6) is -0.417. The van der Waals surface area contributed by atoms with Crippen LogP contribution in [0.15, 0.2) is 58.5 Å². The van der Waals surface area contributed by atoms with Crippen molar-refractivity contribution in [2.75, 3.05) is 5.32 Å². The second kappa shape index (κ2) is 7.50. The van der Waals surface area contributed by atoms with E-state index in [1.807, 2.05) is 30.5 Å². The van der Waals surface area contributed by atoms with E-state index in [1.165, 1.54) is 18.2 Å². The van der Waals surface area contributed by atoms with E-state index >= 15 is 0 Å². The Balaban J connectivity index is 1.48. The van der Waals surface area contributed by atoms with E-state index in [-0.39, 0.29) is 12.6 Å². The van der Waals surface area contributed by atoms with Crippen LogP contribution in [0.3, 0.4) is 0 Å². The second-order valence-corrected chi connectivity index (χ2v) is 5.36. The lowest BCUT2D eigenvalue weighted by atomic mass is 10.1. The lowest BCUT2D eigenvalue weighted by Gasteiger charge is -2.08. The number of carbonyl (C=O) groups excluding carboxylic acids is 1. The van der Waals surface area contributed by atoms with Crippen molar-refractivity contribution in [2.24, 2.45) is 9.98 Å². The van der Waals surface area contributed by atoms with Gasteiger partial charge in [0.2, 0.25) is 0 Å². The van der Waals surface area contributed by atoms with Crippen LogP contribution in [0.4, 0.5) is 14.9 Å². The first-order valence-corrected chi connectivity index (χ1v) is 7.51. The predicted molar refractivity (Wildman–Crippen MR) is 91.1 cm³/mol. The van der Waals surface area contributed by atoms with Crippen LogP contribution in [-0.4, -0.2) is 24.7 Å². The Hall–Kier alpha value is -3.02. The maximum absolute atomic E-state index is 13.0. The maximum atomic E-state index is 13.0. The van der Waals surface area contributed by atoms with E-state index in [0.717, 1.165) is 17.5 Å². The number of nitrogens with zero attached hydrogens (tertiary/aromatic N) is 2. The van der Waals surface area contributed by atoms with Crippen molar-refractivity contribution in [1.82, 2.24) is 0 Å². The van der Waals surface area contributed by atoms with Crippen LogP contribution in [0.25, 0.3) is 0 Å². The molecule has 0 spiro atoms. The van der Waals surface area contributed by atoms with Gasteiger partial charge in [0.25, 0.3) is 0 Å². The Labute approximate surface area is 138 Å². The summed E-state index contributed by atoms with van der Waals surface area (Å²) >= 11 is 0. The van der Waals surface area contributed by atoms with Crippen molar-refractivity contribution < 1.29 is 13.9 Å². The molecule has 0 aromatic heterocycles. The minimum atomic E-state index is -0.624. The molecule has 0 fully saturated rings. The monoisotopic (exact) mass is 325 g/mol. The Kier molecular flexibility index (Phi) is 4.96. The minimum absolute atomic E-state index is 0.101. The molecule has 1 aliphatic heterocycles. The fourth-order valence-corrected chi connectivity index (χ4v) is 2.29. The number of halogens is 1. The van der Waals surface area contributed by atoms with Crippen molar-refractivity contribution in [2.45, 2.75) is 19.1 Å². The molecule has 2 aromatic rings. The van der Waals surface area contributed by atoms with Gasteiger partial charge in [-0.1, -0.05) is 30.3 Å². The molecule has 0 radical (unpaired) electrons. The highest BCUT2D eigenvalue weighted by Crippen LogP contribution is 2.12. The molecule has 0 bridgehead atoms. The number of amides is 1. The number of ether oxygens (including phenoxy) is 1. The van der Waals surface area contributed by atoms with Gasteiger partial charge in [-0.2, -0.15) is 0 Å². The van der Waals surface area contributed by atoms with Crippen molar-refractivity contribution in [3.8, 4) is 0 Å². The lowest BCUT2D eigenvalue weighted by molar-refractivity contribution is 0.155. The number of nitrogens with one attached hydrogen (secondary N) is 1. The highest BCUT2D eigenvalue weighted by Gasteiger charge is 2.08. The van der Waals surface area contributed by atoms with Gasteiger partial charge in [0.15, 0.2) is 0 Å². The molecule has 24 heavy (non-hydrogen) atoms. The van der Waals surface area contributed by atoms with Crippen LogP contribution in [0.2, 0.25) is 0 Å². The normalized spacial score (nSPS) is 15.5. The fraction of sp³-hybridized carbons (Fsp3) is 0.167. The van der Waals surface area contributed by atoms with Gasteiger partial charge in [0, 0.05) is 11.9 Å². The summed E-state index contributed by atoms with van der Waals surface area (Å²) < 4.78 is 18.2. The molecule has 1 N–H and O–H groups in total. The van der Waals surface area contributed by atoms with Gasteiger partial charge in [0.1, 0.15) is 18.8 Å². The third-order valence-corrected chi connectivity index (χ3v) is 3.49. The quantitative estimate of drug-likeness (QED) is 0.913. The summed E-state index contributed by atoms with van der Waals surface area (Å²) in [6, 6.07) is 13.5. The smallest absolute Gasteiger partial charge is 0.411 e. The van der Waals surface area contributed by atoms with Crippen molar-refractivity contribution >= 4 is 24.3 Å². The van der Waals surface area contributed by atoms with Gasteiger partial charge in [-0.05, 0) is 35.7 Å². The molecule has 2 aromatic carbocycles. The summed E-state index contributed by atoms with van der Waals surface area (Å²) in [5, 5.41) is 2.48. The molecule has 1 atom stereocenters. The zero-order valence-corrected chi connectivity index (χ0v) is 12.9. The lowest BCUT2D eigenvalue weighted by Crippen LogP contribution is -2.13. The maximum Gasteiger partial charge on any atom is 0.411 e.